The van der Waals surface area contributed by atoms with Gasteiger partial charge in [0.05, 0.1) is 6.10 Å². The largest absolute Gasteiger partial charge is 0.390 e. The van der Waals surface area contributed by atoms with Gasteiger partial charge in [0.25, 0.3) is 0 Å². The molecule has 4 heteroatoms. The van der Waals surface area contributed by atoms with E-state index in [1.807, 2.05) is 0 Å². The zero-order chi connectivity index (χ0) is 11.0. The predicted octanol–water partition coefficient (Wildman–Crippen LogP) is -0.653. The fourth-order valence-corrected chi connectivity index (χ4v) is 2.97. The predicted molar refractivity (Wildman–Crippen MR) is 63.4 cm³/mol. The summed E-state index contributed by atoms with van der Waals surface area (Å²) in [4.78, 5) is 5.07. The number of aliphatic hydroxyl groups excluding tert-OH is 1. The number of β-amino-alcohol motifs (C(OH)–C–C–N with tert-alkyl or cyclic N) is 1. The number of aliphatic hydroxyl groups is 1. The lowest BCUT2D eigenvalue weighted by molar-refractivity contribution is 0.0433. The van der Waals surface area contributed by atoms with Gasteiger partial charge in [-0.15, -0.1) is 0 Å². The third-order valence-corrected chi connectivity index (χ3v) is 4.24. The normalized spacial score (nSPS) is 38.1. The SMILES string of the molecule is OC1CNCC1N1CCN(CC2CC2)CC1. The standard InChI is InChI=1S/C12H23N3O/c16-12-8-13-7-11(12)15-5-3-14(4-6-15)9-10-1-2-10/h10-13,16H,1-9H2. The van der Waals surface area contributed by atoms with Gasteiger partial charge in [-0.3, -0.25) is 4.90 Å². The molecule has 3 rings (SSSR count). The number of rotatable bonds is 3. The molecular formula is C12H23N3O. The lowest BCUT2D eigenvalue weighted by Gasteiger charge is -2.38. The first kappa shape index (κ1) is 11.0. The summed E-state index contributed by atoms with van der Waals surface area (Å²) in [5, 5.41) is 13.1. The van der Waals surface area contributed by atoms with E-state index >= 15 is 0 Å². The highest BCUT2D eigenvalue weighted by molar-refractivity contribution is 4.91. The third-order valence-electron chi connectivity index (χ3n) is 4.24. The number of hydrogen-bond acceptors (Lipinski definition) is 4. The Bertz CT molecular complexity index is 236. The van der Waals surface area contributed by atoms with Crippen LogP contribution in [0.3, 0.4) is 0 Å². The highest BCUT2D eigenvalue weighted by atomic mass is 16.3. The molecule has 16 heavy (non-hydrogen) atoms. The molecule has 0 spiro atoms. The molecule has 3 aliphatic rings. The zero-order valence-electron chi connectivity index (χ0n) is 9.94. The van der Waals surface area contributed by atoms with E-state index in [0.29, 0.717) is 6.04 Å². The molecule has 2 saturated heterocycles. The van der Waals surface area contributed by atoms with Gasteiger partial charge in [0, 0.05) is 51.9 Å². The first-order valence-electron chi connectivity index (χ1n) is 6.68. The van der Waals surface area contributed by atoms with Crippen molar-refractivity contribution in [1.82, 2.24) is 15.1 Å². The van der Waals surface area contributed by atoms with Gasteiger partial charge in [-0.1, -0.05) is 0 Å². The molecule has 0 aromatic heterocycles. The van der Waals surface area contributed by atoms with Gasteiger partial charge in [0.1, 0.15) is 0 Å². The van der Waals surface area contributed by atoms with E-state index in [4.69, 9.17) is 0 Å². The van der Waals surface area contributed by atoms with Gasteiger partial charge in [-0.2, -0.15) is 0 Å². The van der Waals surface area contributed by atoms with Gasteiger partial charge in [0.2, 0.25) is 0 Å². The van der Waals surface area contributed by atoms with Crippen molar-refractivity contribution in [3.8, 4) is 0 Å². The molecule has 0 amide bonds. The summed E-state index contributed by atoms with van der Waals surface area (Å²) in [5.41, 5.74) is 0. The van der Waals surface area contributed by atoms with Crippen molar-refractivity contribution in [3.63, 3.8) is 0 Å². The number of piperazine rings is 1. The second-order valence-electron chi connectivity index (χ2n) is 5.57. The van der Waals surface area contributed by atoms with Crippen molar-refractivity contribution >= 4 is 0 Å². The topological polar surface area (TPSA) is 38.7 Å². The van der Waals surface area contributed by atoms with Crippen molar-refractivity contribution in [2.75, 3.05) is 45.8 Å². The van der Waals surface area contributed by atoms with E-state index in [2.05, 4.69) is 15.1 Å². The Labute approximate surface area is 97.6 Å². The molecule has 4 nitrogen and oxygen atoms in total. The number of nitrogens with zero attached hydrogens (tertiary/aromatic N) is 2. The molecule has 0 aromatic carbocycles. The van der Waals surface area contributed by atoms with Crippen LogP contribution < -0.4 is 5.32 Å². The summed E-state index contributed by atoms with van der Waals surface area (Å²) < 4.78 is 0. The monoisotopic (exact) mass is 225 g/mol. The fraction of sp³-hybridized carbons (Fsp3) is 1.00. The van der Waals surface area contributed by atoms with Crippen LogP contribution in [0.1, 0.15) is 12.8 Å². The van der Waals surface area contributed by atoms with Crippen molar-refractivity contribution in [3.05, 3.63) is 0 Å². The first-order chi connectivity index (χ1) is 7.83. The summed E-state index contributed by atoms with van der Waals surface area (Å²) in [6.07, 6.45) is 2.74. The van der Waals surface area contributed by atoms with E-state index in [1.165, 1.54) is 32.5 Å². The molecule has 0 aromatic rings. The summed E-state index contributed by atoms with van der Waals surface area (Å²) in [5.74, 6) is 1.00. The Kier molecular flexibility index (Phi) is 3.16. The number of hydrogen-bond donors (Lipinski definition) is 2. The molecule has 2 unspecified atom stereocenters. The molecule has 1 aliphatic carbocycles. The van der Waals surface area contributed by atoms with E-state index in [-0.39, 0.29) is 6.10 Å². The minimum absolute atomic E-state index is 0.157. The Morgan fingerprint density at radius 2 is 1.81 bits per heavy atom. The fourth-order valence-electron chi connectivity index (χ4n) is 2.97. The van der Waals surface area contributed by atoms with E-state index in [0.717, 1.165) is 32.1 Å². The molecule has 3 fully saturated rings. The third kappa shape index (κ3) is 2.40. The summed E-state index contributed by atoms with van der Waals surface area (Å²) in [7, 11) is 0. The van der Waals surface area contributed by atoms with Crippen LogP contribution in [0.4, 0.5) is 0 Å². The molecule has 2 heterocycles. The smallest absolute Gasteiger partial charge is 0.0831 e. The molecule has 0 radical (unpaired) electrons. The van der Waals surface area contributed by atoms with Crippen LogP contribution in [0.2, 0.25) is 0 Å². The summed E-state index contributed by atoms with van der Waals surface area (Å²) in [6.45, 7) is 7.71. The average molecular weight is 225 g/mol. The summed E-state index contributed by atoms with van der Waals surface area (Å²) in [6, 6.07) is 0.364. The lowest BCUT2D eigenvalue weighted by atomic mass is 10.1. The maximum atomic E-state index is 9.84. The molecule has 0 bridgehead atoms. The Morgan fingerprint density at radius 3 is 2.38 bits per heavy atom. The van der Waals surface area contributed by atoms with Crippen LogP contribution in [-0.4, -0.2) is 72.9 Å². The second kappa shape index (κ2) is 4.61. The lowest BCUT2D eigenvalue weighted by Crippen LogP contribution is -2.53. The summed E-state index contributed by atoms with van der Waals surface area (Å²) >= 11 is 0. The van der Waals surface area contributed by atoms with Crippen LogP contribution in [0.15, 0.2) is 0 Å². The minimum Gasteiger partial charge on any atom is -0.390 e. The van der Waals surface area contributed by atoms with Crippen molar-refractivity contribution in [2.24, 2.45) is 5.92 Å². The van der Waals surface area contributed by atoms with Gasteiger partial charge >= 0.3 is 0 Å². The maximum absolute atomic E-state index is 9.84. The molecular weight excluding hydrogens is 202 g/mol. The quantitative estimate of drug-likeness (QED) is 0.669. The van der Waals surface area contributed by atoms with E-state index in [9.17, 15) is 5.11 Å². The van der Waals surface area contributed by atoms with Crippen LogP contribution in [0.25, 0.3) is 0 Å². The van der Waals surface area contributed by atoms with Crippen molar-refractivity contribution in [2.45, 2.75) is 25.0 Å². The Morgan fingerprint density at radius 1 is 1.06 bits per heavy atom. The zero-order valence-corrected chi connectivity index (χ0v) is 9.94. The average Bonchev–Trinajstić information content (AvgIpc) is 3.00. The van der Waals surface area contributed by atoms with Gasteiger partial charge in [-0.05, 0) is 18.8 Å². The van der Waals surface area contributed by atoms with E-state index < -0.39 is 0 Å². The molecule has 92 valence electrons. The second-order valence-corrected chi connectivity index (χ2v) is 5.57. The van der Waals surface area contributed by atoms with Crippen LogP contribution in [0.5, 0.6) is 0 Å². The highest BCUT2D eigenvalue weighted by Gasteiger charge is 2.33. The molecule has 2 aliphatic heterocycles. The van der Waals surface area contributed by atoms with Gasteiger partial charge < -0.3 is 15.3 Å². The molecule has 2 N–H and O–H groups in total. The highest BCUT2D eigenvalue weighted by Crippen LogP contribution is 2.30. The van der Waals surface area contributed by atoms with Gasteiger partial charge in [0.15, 0.2) is 0 Å². The van der Waals surface area contributed by atoms with Crippen molar-refractivity contribution < 1.29 is 5.11 Å². The van der Waals surface area contributed by atoms with Gasteiger partial charge in [-0.25, -0.2) is 0 Å². The Hall–Kier alpha value is -0.160. The van der Waals surface area contributed by atoms with Crippen LogP contribution in [-0.2, 0) is 0 Å². The Balaban J connectivity index is 1.46. The van der Waals surface area contributed by atoms with Crippen LogP contribution in [0, 0.1) is 5.92 Å². The molecule has 1 saturated carbocycles. The van der Waals surface area contributed by atoms with Crippen molar-refractivity contribution in [1.29, 1.82) is 0 Å². The van der Waals surface area contributed by atoms with Crippen LogP contribution >= 0.6 is 0 Å². The maximum Gasteiger partial charge on any atom is 0.0831 e. The van der Waals surface area contributed by atoms with E-state index in [1.54, 1.807) is 0 Å². The number of nitrogens with one attached hydrogen (secondary N) is 1. The molecule has 2 atom stereocenters. The first-order valence-corrected chi connectivity index (χ1v) is 6.68. The minimum atomic E-state index is -0.157.